The van der Waals surface area contributed by atoms with Crippen LogP contribution < -0.4 is 0 Å². The third-order valence-electron chi connectivity index (χ3n) is 6.33. The molecule has 0 saturated heterocycles. The maximum absolute atomic E-state index is 13.1. The van der Waals surface area contributed by atoms with Gasteiger partial charge in [-0.1, -0.05) is 36.4 Å². The van der Waals surface area contributed by atoms with Crippen LogP contribution in [0.1, 0.15) is 30.7 Å². The van der Waals surface area contributed by atoms with Crippen molar-refractivity contribution in [2.45, 2.75) is 26.2 Å². The monoisotopic (exact) mass is 383 g/mol. The molecule has 0 unspecified atom stereocenters. The Morgan fingerprint density at radius 1 is 1.07 bits per heavy atom. The number of aromatic nitrogens is 1. The summed E-state index contributed by atoms with van der Waals surface area (Å²) in [6.07, 6.45) is 1.85. The second kappa shape index (κ2) is 5.80. The van der Waals surface area contributed by atoms with Gasteiger partial charge in [0.2, 0.25) is 11.5 Å². The fourth-order valence-corrected chi connectivity index (χ4v) is 4.78. The maximum atomic E-state index is 13.1. The van der Waals surface area contributed by atoms with E-state index in [9.17, 15) is 9.90 Å². The zero-order chi connectivity index (χ0) is 20.5. The lowest BCUT2D eigenvalue weighted by Crippen LogP contribution is -2.30. The molecular formula is C25H23N2O2+. The van der Waals surface area contributed by atoms with Gasteiger partial charge >= 0.3 is 0 Å². The number of aliphatic hydroxyl groups excluding tert-OH is 1. The van der Waals surface area contributed by atoms with Gasteiger partial charge in [-0.25, -0.2) is 0 Å². The minimum Gasteiger partial charge on any atom is -0.506 e. The molecule has 0 radical (unpaired) electrons. The highest BCUT2D eigenvalue weighted by Gasteiger charge is 2.45. The molecule has 1 aromatic heterocycles. The van der Waals surface area contributed by atoms with E-state index in [1.54, 1.807) is 0 Å². The van der Waals surface area contributed by atoms with Gasteiger partial charge in [0.1, 0.15) is 12.8 Å². The van der Waals surface area contributed by atoms with E-state index in [4.69, 9.17) is 0 Å². The Labute approximate surface area is 169 Å². The lowest BCUT2D eigenvalue weighted by Gasteiger charge is -2.23. The van der Waals surface area contributed by atoms with Gasteiger partial charge in [-0.05, 0) is 26.8 Å². The largest absolute Gasteiger partial charge is 0.506 e. The molecule has 0 bridgehead atoms. The Balaban J connectivity index is 1.64. The molecule has 2 aliphatic rings. The number of benzene rings is 2. The van der Waals surface area contributed by atoms with Gasteiger partial charge in [0.15, 0.2) is 5.71 Å². The van der Waals surface area contributed by atoms with Crippen molar-refractivity contribution < 1.29 is 14.5 Å². The number of Topliss-reactive ketones (excluding diaryl/α,β-unsaturated/α-hetero) is 1. The van der Waals surface area contributed by atoms with Gasteiger partial charge in [0.05, 0.1) is 16.6 Å². The van der Waals surface area contributed by atoms with E-state index in [0.29, 0.717) is 11.1 Å². The summed E-state index contributed by atoms with van der Waals surface area (Å²) in [4.78, 5) is 16.4. The predicted molar refractivity (Wildman–Crippen MR) is 116 cm³/mol. The molecule has 1 aliphatic heterocycles. The van der Waals surface area contributed by atoms with Gasteiger partial charge in [-0.3, -0.25) is 4.79 Å². The van der Waals surface area contributed by atoms with Crippen molar-refractivity contribution >= 4 is 33.7 Å². The Morgan fingerprint density at radius 2 is 1.76 bits per heavy atom. The van der Waals surface area contributed by atoms with E-state index in [1.165, 1.54) is 5.56 Å². The van der Waals surface area contributed by atoms with Gasteiger partial charge in [-0.15, -0.1) is 0 Å². The van der Waals surface area contributed by atoms with E-state index in [0.717, 1.165) is 33.6 Å². The number of hydrogen-bond donors (Lipinski definition) is 2. The van der Waals surface area contributed by atoms with Crippen molar-refractivity contribution in [2.75, 3.05) is 7.05 Å². The van der Waals surface area contributed by atoms with Crippen molar-refractivity contribution in [3.63, 3.8) is 0 Å². The number of carbonyl (C=O) groups is 1. The van der Waals surface area contributed by atoms with Crippen LogP contribution in [0.2, 0.25) is 0 Å². The zero-order valence-electron chi connectivity index (χ0n) is 17.0. The van der Waals surface area contributed by atoms with E-state index in [2.05, 4.69) is 35.5 Å². The number of para-hydroxylation sites is 2. The van der Waals surface area contributed by atoms with Gasteiger partial charge in [-0.2, -0.15) is 4.58 Å². The molecule has 4 nitrogen and oxygen atoms in total. The molecule has 0 atom stereocenters. The van der Waals surface area contributed by atoms with Gasteiger partial charge < -0.3 is 10.1 Å². The van der Waals surface area contributed by atoms with E-state index in [1.807, 2.05) is 56.4 Å². The predicted octanol–water partition coefficient (Wildman–Crippen LogP) is 4.96. The second-order valence-corrected chi connectivity index (χ2v) is 8.37. The third kappa shape index (κ3) is 2.26. The number of fused-ring (bicyclic) bond motifs is 2. The molecule has 1 aliphatic carbocycles. The van der Waals surface area contributed by atoms with Crippen LogP contribution in [0.25, 0.3) is 16.5 Å². The number of aromatic amines is 1. The molecule has 0 saturated carbocycles. The minimum atomic E-state index is -0.245. The number of ketones is 1. The Morgan fingerprint density at radius 3 is 2.48 bits per heavy atom. The molecule has 3 aromatic rings. The maximum Gasteiger partial charge on any atom is 0.209 e. The molecule has 0 spiro atoms. The summed E-state index contributed by atoms with van der Waals surface area (Å²) in [6.45, 7) is 6.23. The van der Waals surface area contributed by atoms with Crippen LogP contribution in [0.3, 0.4) is 0 Å². The molecule has 0 amide bonds. The van der Waals surface area contributed by atoms with Crippen LogP contribution in [-0.2, 0) is 10.2 Å². The second-order valence-electron chi connectivity index (χ2n) is 8.37. The quantitative estimate of drug-likeness (QED) is 0.485. The normalized spacial score (nSPS) is 19.3. The number of aryl methyl sites for hydroxylation is 1. The first-order valence-electron chi connectivity index (χ1n) is 9.80. The van der Waals surface area contributed by atoms with E-state index < -0.39 is 0 Å². The van der Waals surface area contributed by atoms with Crippen LogP contribution in [0, 0.1) is 6.92 Å². The molecule has 144 valence electrons. The van der Waals surface area contributed by atoms with Crippen LogP contribution in [0.15, 0.2) is 65.9 Å². The Bertz CT molecular complexity index is 1320. The first kappa shape index (κ1) is 17.7. The number of carbonyl (C=O) groups excluding carboxylic acids is 1. The summed E-state index contributed by atoms with van der Waals surface area (Å²) in [5, 5.41) is 11.8. The van der Waals surface area contributed by atoms with Crippen LogP contribution >= 0.6 is 0 Å². The molecule has 2 heterocycles. The number of nitrogens with one attached hydrogen (secondary N) is 1. The standard InChI is InChI=1S/C25H22N2O2/c1-14-21(15-9-5-7-11-18(15)26-14)22-23(28)16(24(22)29)13-20-25(2,3)17-10-6-8-12-19(17)27(20)4/h5-13H,1-4H3,(H,28,29)/p+1. The number of nitrogens with zero attached hydrogens (tertiary/aromatic N) is 1. The highest BCUT2D eigenvalue weighted by atomic mass is 16.3. The molecule has 2 N–H and O–H groups in total. The average Bonchev–Trinajstić information content (AvgIpc) is 3.12. The lowest BCUT2D eigenvalue weighted by atomic mass is 9.77. The molecular weight excluding hydrogens is 360 g/mol. The number of H-pyrrole nitrogens is 1. The first-order chi connectivity index (χ1) is 13.8. The summed E-state index contributed by atoms with van der Waals surface area (Å²) in [6, 6.07) is 16.1. The first-order valence-corrected chi connectivity index (χ1v) is 9.80. The van der Waals surface area contributed by atoms with Gasteiger partial charge in [0.25, 0.3) is 0 Å². The Kier molecular flexibility index (Phi) is 3.54. The van der Waals surface area contributed by atoms with Crippen molar-refractivity contribution in [1.29, 1.82) is 0 Å². The van der Waals surface area contributed by atoms with Crippen molar-refractivity contribution in [1.82, 2.24) is 4.98 Å². The number of rotatable bonds is 2. The summed E-state index contributed by atoms with van der Waals surface area (Å²) in [5.74, 6) is -0.0291. The summed E-state index contributed by atoms with van der Waals surface area (Å²) >= 11 is 0. The molecule has 4 heteroatoms. The number of hydrogen-bond acceptors (Lipinski definition) is 2. The van der Waals surface area contributed by atoms with Crippen molar-refractivity contribution in [3.8, 4) is 0 Å². The summed E-state index contributed by atoms with van der Waals surface area (Å²) in [5.41, 5.74) is 6.55. The smallest absolute Gasteiger partial charge is 0.209 e. The number of allylic oxidation sites excluding steroid dienone is 3. The zero-order valence-corrected chi connectivity index (χ0v) is 17.0. The minimum absolute atomic E-state index is 0.0792. The number of aliphatic hydroxyl groups is 1. The van der Waals surface area contributed by atoms with Crippen LogP contribution in [0.4, 0.5) is 5.69 Å². The van der Waals surface area contributed by atoms with Crippen LogP contribution in [0.5, 0.6) is 0 Å². The van der Waals surface area contributed by atoms with Crippen molar-refractivity contribution in [3.05, 3.63) is 82.8 Å². The highest BCUT2D eigenvalue weighted by molar-refractivity contribution is 6.41. The van der Waals surface area contributed by atoms with Crippen molar-refractivity contribution in [2.24, 2.45) is 0 Å². The van der Waals surface area contributed by atoms with Gasteiger partial charge in [0, 0.05) is 39.9 Å². The SMILES string of the molecule is Cc1[nH]c2ccccc2c1C1=C(O)/C(=C/C2=[N+](C)c3ccccc3C2(C)C)C1=O. The molecule has 5 rings (SSSR count). The molecule has 29 heavy (non-hydrogen) atoms. The van der Waals surface area contributed by atoms with Crippen LogP contribution in [-0.4, -0.2) is 33.2 Å². The van der Waals surface area contributed by atoms with E-state index in [-0.39, 0.29) is 17.0 Å². The summed E-state index contributed by atoms with van der Waals surface area (Å²) < 4.78 is 2.11. The topological polar surface area (TPSA) is 56.1 Å². The van der Waals surface area contributed by atoms with E-state index >= 15 is 0 Å². The molecule has 2 aromatic carbocycles. The average molecular weight is 383 g/mol. The lowest BCUT2D eigenvalue weighted by molar-refractivity contribution is -0.401. The highest BCUT2D eigenvalue weighted by Crippen LogP contribution is 2.43. The summed E-state index contributed by atoms with van der Waals surface area (Å²) in [7, 11) is 2.01. The fourth-order valence-electron chi connectivity index (χ4n) is 4.78. The fraction of sp³-hybridized carbons (Fsp3) is 0.200. The Hall–Kier alpha value is -3.40. The third-order valence-corrected chi connectivity index (χ3v) is 6.33. The molecule has 0 fully saturated rings.